The summed E-state index contributed by atoms with van der Waals surface area (Å²) >= 11 is 0. The van der Waals surface area contributed by atoms with E-state index in [2.05, 4.69) is 26.5 Å². The van der Waals surface area contributed by atoms with E-state index in [-0.39, 0.29) is 5.97 Å². The fourth-order valence-electron chi connectivity index (χ4n) is 1.84. The fraction of sp³-hybridized carbons (Fsp3) is 0.389. The number of rotatable bonds is 7. The zero-order valence-corrected chi connectivity index (χ0v) is 13.3. The Morgan fingerprint density at radius 3 is 2.38 bits per heavy atom. The molecule has 1 aromatic carbocycles. The van der Waals surface area contributed by atoms with Gasteiger partial charge in [-0.1, -0.05) is 18.2 Å². The van der Waals surface area contributed by atoms with E-state index in [0.29, 0.717) is 17.7 Å². The molecule has 0 spiro atoms. The summed E-state index contributed by atoms with van der Waals surface area (Å²) in [5, 5.41) is 0. The van der Waals surface area contributed by atoms with Crippen molar-refractivity contribution in [3.8, 4) is 5.75 Å². The minimum atomic E-state index is -0.664. The van der Waals surface area contributed by atoms with Crippen molar-refractivity contribution in [2.75, 3.05) is 7.11 Å². The molecule has 0 aliphatic rings. The number of esters is 1. The Balaban J connectivity index is 2.72. The molecule has 1 aromatic rings. The molecule has 0 heterocycles. The second kappa shape index (κ2) is 7.67. The molecule has 3 heteroatoms. The van der Waals surface area contributed by atoms with Gasteiger partial charge in [-0.25, -0.2) is 4.79 Å². The molecular weight excluding hydrogens is 264 g/mol. The molecule has 1 rings (SSSR count). The van der Waals surface area contributed by atoms with Crippen molar-refractivity contribution in [3.63, 3.8) is 0 Å². The van der Waals surface area contributed by atoms with E-state index in [0.717, 1.165) is 6.42 Å². The molecule has 114 valence electrons. The van der Waals surface area contributed by atoms with Crippen LogP contribution in [0.25, 0.3) is 0 Å². The first-order valence-corrected chi connectivity index (χ1v) is 7.04. The summed E-state index contributed by atoms with van der Waals surface area (Å²) in [6.45, 7) is 9.76. The van der Waals surface area contributed by atoms with Crippen LogP contribution in [0.4, 0.5) is 0 Å². The van der Waals surface area contributed by atoms with Gasteiger partial charge in [0.1, 0.15) is 11.4 Å². The van der Waals surface area contributed by atoms with E-state index >= 15 is 0 Å². The molecule has 1 atom stereocenters. The van der Waals surface area contributed by atoms with Crippen LogP contribution in [-0.4, -0.2) is 18.7 Å². The molecule has 0 aromatic heterocycles. The predicted molar refractivity (Wildman–Crippen MR) is 85.7 cm³/mol. The number of ether oxygens (including phenoxy) is 2. The predicted octanol–water partition coefficient (Wildman–Crippen LogP) is 4.54. The smallest absolute Gasteiger partial charge is 0.338 e. The number of hydrogen-bond donors (Lipinski definition) is 0. The maximum Gasteiger partial charge on any atom is 0.338 e. The summed E-state index contributed by atoms with van der Waals surface area (Å²) < 4.78 is 10.7. The van der Waals surface area contributed by atoms with Crippen LogP contribution in [0, 0.1) is 0 Å². The maximum absolute atomic E-state index is 12.2. The van der Waals surface area contributed by atoms with E-state index in [1.165, 1.54) is 5.57 Å². The lowest BCUT2D eigenvalue weighted by atomic mass is 9.99. The van der Waals surface area contributed by atoms with E-state index < -0.39 is 5.60 Å². The lowest BCUT2D eigenvalue weighted by molar-refractivity contribution is 0.00835. The number of carbonyl (C=O) groups is 1. The van der Waals surface area contributed by atoms with Gasteiger partial charge in [0, 0.05) is 0 Å². The van der Waals surface area contributed by atoms with Gasteiger partial charge in [0.25, 0.3) is 0 Å². The van der Waals surface area contributed by atoms with Gasteiger partial charge < -0.3 is 9.47 Å². The van der Waals surface area contributed by atoms with Gasteiger partial charge >= 0.3 is 5.97 Å². The molecule has 0 fully saturated rings. The molecule has 1 unspecified atom stereocenters. The highest BCUT2D eigenvalue weighted by molar-refractivity contribution is 5.89. The van der Waals surface area contributed by atoms with Gasteiger partial charge in [0.05, 0.1) is 12.7 Å². The van der Waals surface area contributed by atoms with Gasteiger partial charge in [-0.05, 0) is 64.0 Å². The monoisotopic (exact) mass is 288 g/mol. The van der Waals surface area contributed by atoms with Crippen molar-refractivity contribution in [2.45, 2.75) is 39.2 Å². The van der Waals surface area contributed by atoms with Gasteiger partial charge in [-0.15, -0.1) is 0 Å². The first kappa shape index (κ1) is 17.0. The third kappa shape index (κ3) is 5.46. The van der Waals surface area contributed by atoms with Crippen LogP contribution in [0.3, 0.4) is 0 Å². The van der Waals surface area contributed by atoms with Crippen LogP contribution < -0.4 is 4.74 Å². The Kier molecular flexibility index (Phi) is 6.22. The molecule has 3 nitrogen and oxygen atoms in total. The van der Waals surface area contributed by atoms with Crippen LogP contribution in [0.2, 0.25) is 0 Å². The van der Waals surface area contributed by atoms with E-state index in [4.69, 9.17) is 9.47 Å². The molecule has 0 aliphatic carbocycles. The minimum Gasteiger partial charge on any atom is -0.497 e. The summed E-state index contributed by atoms with van der Waals surface area (Å²) in [5.74, 6) is 0.360. The molecule has 0 N–H and O–H groups in total. The molecule has 0 amide bonds. The zero-order chi connectivity index (χ0) is 15.9. The topological polar surface area (TPSA) is 35.5 Å². The highest BCUT2D eigenvalue weighted by atomic mass is 16.6. The number of allylic oxidation sites excluding steroid dienone is 2. The third-order valence-corrected chi connectivity index (χ3v) is 3.28. The van der Waals surface area contributed by atoms with Crippen molar-refractivity contribution in [1.29, 1.82) is 0 Å². The van der Waals surface area contributed by atoms with Crippen molar-refractivity contribution < 1.29 is 14.3 Å². The molecular formula is C18H24O3. The van der Waals surface area contributed by atoms with Gasteiger partial charge in [0.2, 0.25) is 0 Å². The zero-order valence-electron chi connectivity index (χ0n) is 13.3. The minimum absolute atomic E-state index is 0.350. The Hall–Kier alpha value is -2.03. The normalized spacial score (nSPS) is 13.0. The Morgan fingerprint density at radius 2 is 1.90 bits per heavy atom. The third-order valence-electron chi connectivity index (χ3n) is 3.28. The molecule has 0 radical (unpaired) electrons. The molecule has 21 heavy (non-hydrogen) atoms. The number of hydrogen-bond acceptors (Lipinski definition) is 3. The summed E-state index contributed by atoms with van der Waals surface area (Å²) in [5.41, 5.74) is 1.09. The van der Waals surface area contributed by atoms with Crippen molar-refractivity contribution in [2.24, 2.45) is 0 Å². The Labute approximate surface area is 127 Å². The molecule has 0 saturated carbocycles. The van der Waals surface area contributed by atoms with Gasteiger partial charge in [-0.2, -0.15) is 0 Å². The highest BCUT2D eigenvalue weighted by Crippen LogP contribution is 2.22. The Morgan fingerprint density at radius 1 is 1.29 bits per heavy atom. The van der Waals surface area contributed by atoms with Crippen molar-refractivity contribution in [1.82, 2.24) is 0 Å². The SMILES string of the molecule is C=CC(C)(CCC=C(C)C)OC(=O)c1ccc(OC)cc1. The first-order valence-electron chi connectivity index (χ1n) is 7.04. The average molecular weight is 288 g/mol. The second-order valence-corrected chi connectivity index (χ2v) is 5.45. The van der Waals surface area contributed by atoms with Gasteiger partial charge in [-0.3, -0.25) is 0 Å². The van der Waals surface area contributed by atoms with E-state index in [1.54, 1.807) is 37.5 Å². The fourth-order valence-corrected chi connectivity index (χ4v) is 1.84. The molecule has 0 bridgehead atoms. The quantitative estimate of drug-likeness (QED) is 0.545. The van der Waals surface area contributed by atoms with Crippen molar-refractivity contribution in [3.05, 3.63) is 54.1 Å². The lowest BCUT2D eigenvalue weighted by Crippen LogP contribution is -2.29. The van der Waals surface area contributed by atoms with Crippen LogP contribution in [0.1, 0.15) is 44.0 Å². The first-order chi connectivity index (χ1) is 9.90. The van der Waals surface area contributed by atoms with Gasteiger partial charge in [0.15, 0.2) is 0 Å². The summed E-state index contributed by atoms with van der Waals surface area (Å²) in [6.07, 6.45) is 5.38. The van der Waals surface area contributed by atoms with Crippen molar-refractivity contribution >= 4 is 5.97 Å². The largest absolute Gasteiger partial charge is 0.497 e. The number of carbonyl (C=O) groups excluding carboxylic acids is 1. The average Bonchev–Trinajstić information content (AvgIpc) is 2.46. The van der Waals surface area contributed by atoms with Crippen LogP contribution >= 0.6 is 0 Å². The van der Waals surface area contributed by atoms with E-state index in [9.17, 15) is 4.79 Å². The summed E-state index contributed by atoms with van der Waals surface area (Å²) in [4.78, 5) is 12.2. The van der Waals surface area contributed by atoms with Crippen LogP contribution in [0.15, 0.2) is 48.6 Å². The second-order valence-electron chi connectivity index (χ2n) is 5.45. The van der Waals surface area contributed by atoms with Crippen LogP contribution in [-0.2, 0) is 4.74 Å². The summed E-state index contributed by atoms with van der Waals surface area (Å²) in [7, 11) is 1.59. The van der Waals surface area contributed by atoms with Crippen LogP contribution in [0.5, 0.6) is 5.75 Å². The standard InChI is InChI=1S/C18H24O3/c1-6-18(4,13-7-8-14(2)3)21-17(19)15-9-11-16(20-5)12-10-15/h6,8-12H,1,7,13H2,2-5H3. The summed E-state index contributed by atoms with van der Waals surface area (Å²) in [6, 6.07) is 6.87. The Bertz CT molecular complexity index is 510. The van der Waals surface area contributed by atoms with E-state index in [1.807, 2.05) is 6.92 Å². The molecule has 0 saturated heterocycles. The lowest BCUT2D eigenvalue weighted by Gasteiger charge is -2.25. The number of methoxy groups -OCH3 is 1. The molecule has 0 aliphatic heterocycles. The maximum atomic E-state index is 12.2. The highest BCUT2D eigenvalue weighted by Gasteiger charge is 2.25. The number of benzene rings is 1.